The normalized spacial score (nSPS) is 16.9. The lowest BCUT2D eigenvalue weighted by molar-refractivity contribution is 0.0699. The van der Waals surface area contributed by atoms with Crippen molar-refractivity contribution in [1.82, 2.24) is 4.98 Å². The summed E-state index contributed by atoms with van der Waals surface area (Å²) in [4.78, 5) is 15.7. The maximum Gasteiger partial charge on any atom is 0.336 e. The lowest BCUT2D eigenvalue weighted by atomic mass is 9.78. The monoisotopic (exact) mass is 256 g/mol. The van der Waals surface area contributed by atoms with Crippen molar-refractivity contribution in [2.75, 3.05) is 5.32 Å². The van der Waals surface area contributed by atoms with E-state index in [4.69, 9.17) is 5.11 Å². The van der Waals surface area contributed by atoms with Crippen LogP contribution in [0, 0.1) is 0 Å². The third-order valence-electron chi connectivity index (χ3n) is 3.85. The summed E-state index contributed by atoms with van der Waals surface area (Å²) in [6.07, 6.45) is 3.56. The minimum Gasteiger partial charge on any atom is -0.478 e. The topological polar surface area (TPSA) is 62.2 Å². The van der Waals surface area contributed by atoms with Crippen molar-refractivity contribution in [2.45, 2.75) is 31.7 Å². The molecular formula is C15H16N2O2. The molecule has 1 aliphatic rings. The van der Waals surface area contributed by atoms with Crippen LogP contribution in [0.3, 0.4) is 0 Å². The molecule has 4 nitrogen and oxygen atoms in total. The number of fused-ring (bicyclic) bond motifs is 1. The molecule has 1 fully saturated rings. The molecule has 19 heavy (non-hydrogen) atoms. The number of nitrogens with one attached hydrogen (secondary N) is 1. The largest absolute Gasteiger partial charge is 0.478 e. The fourth-order valence-electron chi connectivity index (χ4n) is 2.55. The Morgan fingerprint density at radius 1 is 1.32 bits per heavy atom. The van der Waals surface area contributed by atoms with E-state index >= 15 is 0 Å². The molecule has 1 aliphatic carbocycles. The summed E-state index contributed by atoms with van der Waals surface area (Å²) in [6.45, 7) is 2.19. The summed E-state index contributed by atoms with van der Waals surface area (Å²) in [5, 5.41) is 13.3. The zero-order valence-electron chi connectivity index (χ0n) is 10.8. The first-order valence-electron chi connectivity index (χ1n) is 6.49. The number of carboxylic acid groups (broad SMARTS) is 1. The molecule has 0 unspecified atom stereocenters. The van der Waals surface area contributed by atoms with Crippen molar-refractivity contribution >= 4 is 22.7 Å². The number of rotatable bonds is 3. The Hall–Kier alpha value is -2.10. The van der Waals surface area contributed by atoms with Gasteiger partial charge in [0.1, 0.15) is 5.82 Å². The number of carbonyl (C=O) groups is 1. The molecule has 4 heteroatoms. The van der Waals surface area contributed by atoms with E-state index in [9.17, 15) is 4.79 Å². The van der Waals surface area contributed by atoms with Gasteiger partial charge in [-0.1, -0.05) is 6.07 Å². The van der Waals surface area contributed by atoms with Gasteiger partial charge >= 0.3 is 5.97 Å². The lowest BCUT2D eigenvalue weighted by Gasteiger charge is -2.39. The molecule has 0 amide bonds. The standard InChI is InChI=1S/C15H16N2O2/c1-15(8-3-9-15)17-13-7-6-10-11(14(18)19)4-2-5-12(10)16-13/h2,4-7H,3,8-9H2,1H3,(H,16,17)(H,18,19). The predicted molar refractivity (Wildman–Crippen MR) is 74.6 cm³/mol. The second kappa shape index (κ2) is 4.23. The van der Waals surface area contributed by atoms with Crippen molar-refractivity contribution in [3.8, 4) is 0 Å². The molecule has 0 aliphatic heterocycles. The minimum absolute atomic E-state index is 0.144. The van der Waals surface area contributed by atoms with Gasteiger partial charge in [-0.25, -0.2) is 9.78 Å². The zero-order valence-corrected chi connectivity index (χ0v) is 10.8. The lowest BCUT2D eigenvalue weighted by Crippen LogP contribution is -2.41. The maximum atomic E-state index is 11.1. The number of anilines is 1. The Bertz CT molecular complexity index is 648. The average molecular weight is 256 g/mol. The summed E-state index contributed by atoms with van der Waals surface area (Å²) in [6, 6.07) is 8.87. The van der Waals surface area contributed by atoms with Crippen LogP contribution in [0.5, 0.6) is 0 Å². The predicted octanol–water partition coefficient (Wildman–Crippen LogP) is 3.29. The second-order valence-electron chi connectivity index (χ2n) is 5.41. The number of pyridine rings is 1. The minimum atomic E-state index is -0.918. The van der Waals surface area contributed by atoms with Gasteiger partial charge in [0.25, 0.3) is 0 Å². The van der Waals surface area contributed by atoms with E-state index < -0.39 is 5.97 Å². The van der Waals surface area contributed by atoms with Crippen LogP contribution in [-0.4, -0.2) is 21.6 Å². The van der Waals surface area contributed by atoms with Gasteiger partial charge < -0.3 is 10.4 Å². The van der Waals surface area contributed by atoms with Gasteiger partial charge in [-0.3, -0.25) is 0 Å². The number of benzene rings is 1. The number of nitrogens with zero attached hydrogens (tertiary/aromatic N) is 1. The van der Waals surface area contributed by atoms with E-state index in [1.165, 1.54) is 6.42 Å². The maximum absolute atomic E-state index is 11.1. The number of aromatic carboxylic acids is 1. The second-order valence-corrected chi connectivity index (χ2v) is 5.41. The molecule has 2 N–H and O–H groups in total. The summed E-state index contributed by atoms with van der Waals surface area (Å²) in [5.41, 5.74) is 1.16. The van der Waals surface area contributed by atoms with Crippen LogP contribution in [0.15, 0.2) is 30.3 Å². The Morgan fingerprint density at radius 2 is 2.11 bits per heavy atom. The Balaban J connectivity index is 1.99. The molecule has 1 aromatic heterocycles. The van der Waals surface area contributed by atoms with Crippen LogP contribution in [0.1, 0.15) is 36.5 Å². The fourth-order valence-corrected chi connectivity index (χ4v) is 2.55. The van der Waals surface area contributed by atoms with Crippen LogP contribution < -0.4 is 5.32 Å². The highest BCUT2D eigenvalue weighted by Crippen LogP contribution is 2.34. The van der Waals surface area contributed by atoms with E-state index in [2.05, 4.69) is 17.2 Å². The van der Waals surface area contributed by atoms with Crippen LogP contribution in [-0.2, 0) is 0 Å². The van der Waals surface area contributed by atoms with Crippen molar-refractivity contribution in [3.63, 3.8) is 0 Å². The molecule has 0 atom stereocenters. The Morgan fingerprint density at radius 3 is 2.74 bits per heavy atom. The first kappa shape index (κ1) is 12.0. The van der Waals surface area contributed by atoms with Crippen molar-refractivity contribution in [1.29, 1.82) is 0 Å². The van der Waals surface area contributed by atoms with E-state index in [0.717, 1.165) is 18.7 Å². The molecule has 3 rings (SSSR count). The smallest absolute Gasteiger partial charge is 0.336 e. The first-order valence-corrected chi connectivity index (χ1v) is 6.49. The first-order chi connectivity index (χ1) is 9.07. The SMILES string of the molecule is CC1(Nc2ccc3c(C(=O)O)cccc3n2)CCC1. The highest BCUT2D eigenvalue weighted by atomic mass is 16.4. The summed E-state index contributed by atoms with van der Waals surface area (Å²) in [7, 11) is 0. The Labute approximate surface area is 111 Å². The molecule has 0 bridgehead atoms. The van der Waals surface area contributed by atoms with Gasteiger partial charge in [0, 0.05) is 10.9 Å². The number of hydrogen-bond acceptors (Lipinski definition) is 3. The van der Waals surface area contributed by atoms with Gasteiger partial charge in [-0.2, -0.15) is 0 Å². The van der Waals surface area contributed by atoms with Crippen LogP contribution >= 0.6 is 0 Å². The van der Waals surface area contributed by atoms with E-state index in [0.29, 0.717) is 16.5 Å². The number of hydrogen-bond donors (Lipinski definition) is 2. The number of aromatic nitrogens is 1. The molecule has 2 aromatic rings. The Kier molecular flexibility index (Phi) is 2.66. The highest BCUT2D eigenvalue weighted by molar-refractivity contribution is 6.02. The van der Waals surface area contributed by atoms with Gasteiger partial charge in [0.2, 0.25) is 0 Å². The molecule has 1 saturated carbocycles. The highest BCUT2D eigenvalue weighted by Gasteiger charge is 2.31. The van der Waals surface area contributed by atoms with Gasteiger partial charge in [0.05, 0.1) is 11.1 Å². The fraction of sp³-hybridized carbons (Fsp3) is 0.333. The molecule has 1 heterocycles. The van der Waals surface area contributed by atoms with Crippen molar-refractivity contribution < 1.29 is 9.90 Å². The van der Waals surface area contributed by atoms with Gasteiger partial charge in [0.15, 0.2) is 0 Å². The summed E-state index contributed by atoms with van der Waals surface area (Å²) < 4.78 is 0. The van der Waals surface area contributed by atoms with Crippen LogP contribution in [0.4, 0.5) is 5.82 Å². The third kappa shape index (κ3) is 2.14. The molecular weight excluding hydrogens is 240 g/mol. The molecule has 0 radical (unpaired) electrons. The van der Waals surface area contributed by atoms with Crippen molar-refractivity contribution in [2.24, 2.45) is 0 Å². The van der Waals surface area contributed by atoms with Gasteiger partial charge in [-0.15, -0.1) is 0 Å². The summed E-state index contributed by atoms with van der Waals surface area (Å²) >= 11 is 0. The summed E-state index contributed by atoms with van der Waals surface area (Å²) in [5.74, 6) is -0.101. The van der Waals surface area contributed by atoms with E-state index in [1.807, 2.05) is 18.2 Å². The molecule has 0 saturated heterocycles. The molecule has 0 spiro atoms. The van der Waals surface area contributed by atoms with E-state index in [1.54, 1.807) is 12.1 Å². The van der Waals surface area contributed by atoms with Gasteiger partial charge in [-0.05, 0) is 50.5 Å². The van der Waals surface area contributed by atoms with E-state index in [-0.39, 0.29) is 5.54 Å². The molecule has 98 valence electrons. The van der Waals surface area contributed by atoms with Crippen LogP contribution in [0.25, 0.3) is 10.9 Å². The molecule has 1 aromatic carbocycles. The third-order valence-corrected chi connectivity index (χ3v) is 3.85. The quantitative estimate of drug-likeness (QED) is 0.884. The average Bonchev–Trinajstić information content (AvgIpc) is 2.35. The zero-order chi connectivity index (χ0) is 13.5. The van der Waals surface area contributed by atoms with Crippen molar-refractivity contribution in [3.05, 3.63) is 35.9 Å². The van der Waals surface area contributed by atoms with Crippen LogP contribution in [0.2, 0.25) is 0 Å². The number of carboxylic acids is 1.